The molecule has 0 bridgehead atoms. The Morgan fingerprint density at radius 1 is 0.262 bits per heavy atom. The molecule has 0 radical (unpaired) electrons. The second-order valence-electron chi connectivity index (χ2n) is 46.2. The Hall–Kier alpha value is -13.7. The maximum absolute atomic E-state index is 5.49. The van der Waals surface area contributed by atoms with Gasteiger partial charge < -0.3 is 41.8 Å². The van der Waals surface area contributed by atoms with E-state index < -0.39 is 32.8 Å². The Labute approximate surface area is 864 Å². The van der Waals surface area contributed by atoms with Crippen molar-refractivity contribution in [3.63, 3.8) is 0 Å². The van der Waals surface area contributed by atoms with Crippen LogP contribution < -0.4 is 28.4 Å². The minimum atomic E-state index is -1.53. The fourth-order valence-corrected chi connectivity index (χ4v) is 33.9. The van der Waals surface area contributed by atoms with E-state index in [1.807, 2.05) is 6.07 Å². The highest BCUT2D eigenvalue weighted by molar-refractivity contribution is 6.81. The van der Waals surface area contributed by atoms with E-state index >= 15 is 0 Å². The van der Waals surface area contributed by atoms with Crippen molar-refractivity contribution in [1.82, 2.24) is 13.4 Å². The molecule has 0 saturated carbocycles. The van der Waals surface area contributed by atoms with Gasteiger partial charge in [0.25, 0.3) is 0 Å². The Balaban J connectivity index is 0.0000000965. The number of nitrogens with zero attached hydrogens (tertiary/aromatic N) is 7. The van der Waals surface area contributed by atoms with Gasteiger partial charge in [0.1, 0.15) is 28.0 Å². The van der Waals surface area contributed by atoms with Gasteiger partial charge in [-0.3, -0.25) is 0 Å². The van der Waals surface area contributed by atoms with Crippen molar-refractivity contribution in [2.24, 2.45) is 7.05 Å². The fraction of sp³-hybridized carbons (Fsp3) is 0.258. The molecule has 730 valence electrons. The molecule has 7 atom stereocenters. The zero-order valence-electron chi connectivity index (χ0n) is 89.7. The molecule has 9 nitrogen and oxygen atoms in total. The van der Waals surface area contributed by atoms with Gasteiger partial charge in [-0.1, -0.05) is 347 Å². The van der Waals surface area contributed by atoms with Gasteiger partial charge in [0, 0.05) is 145 Å². The highest BCUT2D eigenvalue weighted by Gasteiger charge is 2.50. The summed E-state index contributed by atoms with van der Waals surface area (Å²) in [6.45, 7) is 49.8. The molecule has 0 N–H and O–H groups in total. The number of hydrogen-bond donors (Lipinski definition) is 0. The van der Waals surface area contributed by atoms with E-state index in [4.69, 9.17) is 9.47 Å². The molecule has 0 fully saturated rings. The molecular formula is C132H139N7O2Si4. The first kappa shape index (κ1) is 96.1. The van der Waals surface area contributed by atoms with E-state index in [0.29, 0.717) is 41.9 Å². The first-order chi connectivity index (χ1) is 69.5. The molecular weight excluding hydrogens is 1830 g/mol. The number of hydrogen-bond acceptors (Lipinski definition) is 6. The average molecular weight is 1970 g/mol. The zero-order chi connectivity index (χ0) is 102. The van der Waals surface area contributed by atoms with Crippen LogP contribution in [-0.4, -0.2) is 74.5 Å². The number of ether oxygens (including phenoxy) is 2. The average Bonchev–Trinajstić information content (AvgIpc) is 1.55. The topological polar surface area (TPSA) is 46.2 Å². The molecule has 0 spiro atoms. The number of benzene rings is 14. The van der Waals surface area contributed by atoms with Crippen LogP contribution in [0, 0.1) is 13.8 Å². The molecule has 14 aromatic carbocycles. The third-order valence-electron chi connectivity index (χ3n) is 33.0. The molecule has 0 amide bonds. The summed E-state index contributed by atoms with van der Waals surface area (Å²) < 4.78 is 23.9. The van der Waals surface area contributed by atoms with Crippen LogP contribution in [0.1, 0.15) is 202 Å². The molecule has 28 rings (SSSR count). The first-order valence-corrected chi connectivity index (χ1v) is 66.5. The monoisotopic (exact) mass is 1970 g/mol. The Kier molecular flexibility index (Phi) is 24.0. The lowest BCUT2D eigenvalue weighted by molar-refractivity contribution is 0.414. The van der Waals surface area contributed by atoms with Gasteiger partial charge in [0.2, 0.25) is 0 Å². The molecule has 7 aliphatic carbocycles. The zero-order valence-corrected chi connectivity index (χ0v) is 93.7. The normalized spacial score (nSPS) is 18.2. The van der Waals surface area contributed by atoms with Crippen molar-refractivity contribution < 1.29 is 9.47 Å². The van der Waals surface area contributed by atoms with E-state index in [1.165, 1.54) is 246 Å². The van der Waals surface area contributed by atoms with Gasteiger partial charge in [-0.05, 0) is 243 Å². The first-order valence-electron chi connectivity index (χ1n) is 52.4. The van der Waals surface area contributed by atoms with Crippen molar-refractivity contribution in [2.75, 3.05) is 47.2 Å². The Bertz CT molecular complexity index is 8300. The van der Waals surface area contributed by atoms with E-state index in [0.717, 1.165) is 11.5 Å². The summed E-state index contributed by atoms with van der Waals surface area (Å²) in [4.78, 5) is 4.79. The SMILES string of the molecule is CC1=C2c3cc(C)ccc3N(C)C2c2ccccc21.CC1=C2c3cc(C)ccc3N([Si](C)(C)C)C2c2ccccc21.CC1c2ccccc2-c2c1c1ccccc1n2C.CC1c2ccccc2-c2c1c1ccccc1n2C[Si](C)(C)C.CC1c2ccccc2-c2c1c1ccccc1n2[Si](C)(C)C.COc1ccc2c(c1)C1=C(C)c3ccccc3C1N2C.COc1ccc2c(c1)C1=C(C)c3ccccc3C1N2[Si](C)(C)C. The second kappa shape index (κ2) is 36.2. The lowest BCUT2D eigenvalue weighted by Crippen LogP contribution is -2.46. The molecule has 11 aliphatic rings. The van der Waals surface area contributed by atoms with Crippen molar-refractivity contribution >= 4 is 133 Å². The van der Waals surface area contributed by atoms with Crippen LogP contribution in [0.5, 0.6) is 11.5 Å². The smallest absolute Gasteiger partial charge is 0.153 e. The number of aromatic nitrogens is 3. The number of para-hydroxylation sites is 3. The number of methoxy groups -OCH3 is 2. The summed E-state index contributed by atoms with van der Waals surface area (Å²) in [5, 5.41) is 4.29. The summed E-state index contributed by atoms with van der Waals surface area (Å²) in [5.41, 5.74) is 58.7. The van der Waals surface area contributed by atoms with Gasteiger partial charge in [0.15, 0.2) is 8.24 Å². The third-order valence-corrected chi connectivity index (χ3v) is 39.9. The fourth-order valence-electron chi connectivity index (χ4n) is 26.9. The number of anilines is 4. The van der Waals surface area contributed by atoms with Crippen LogP contribution >= 0.6 is 0 Å². The van der Waals surface area contributed by atoms with Crippen molar-refractivity contribution in [3.05, 3.63) is 427 Å². The van der Waals surface area contributed by atoms with E-state index in [9.17, 15) is 0 Å². The summed E-state index contributed by atoms with van der Waals surface area (Å²) in [7, 11) is 4.34. The quantitative estimate of drug-likeness (QED) is 0.148. The maximum atomic E-state index is 5.49. The molecule has 17 aromatic rings. The number of likely N-dealkylation sites (N-methyl/N-ethyl adjacent to an activating group) is 2. The van der Waals surface area contributed by atoms with E-state index in [2.05, 4.69) is 504 Å². The van der Waals surface area contributed by atoms with Crippen molar-refractivity contribution in [3.8, 4) is 45.3 Å². The van der Waals surface area contributed by atoms with Crippen LogP contribution in [0.3, 0.4) is 0 Å². The summed E-state index contributed by atoms with van der Waals surface area (Å²) >= 11 is 0. The summed E-state index contributed by atoms with van der Waals surface area (Å²) in [5.74, 6) is 3.37. The maximum Gasteiger partial charge on any atom is 0.153 e. The number of fused-ring (bicyclic) bond motifs is 35. The third kappa shape index (κ3) is 15.6. The summed E-state index contributed by atoms with van der Waals surface area (Å²) in [6, 6.07) is 117. The molecule has 13 heteroatoms. The summed E-state index contributed by atoms with van der Waals surface area (Å²) in [6.07, 6.45) is 1.18. The molecule has 145 heavy (non-hydrogen) atoms. The Morgan fingerprint density at radius 2 is 0.552 bits per heavy atom. The highest BCUT2D eigenvalue weighted by Crippen LogP contribution is 2.64. The lowest BCUT2D eigenvalue weighted by Gasteiger charge is -2.38. The Morgan fingerprint density at radius 3 is 0.959 bits per heavy atom. The molecule has 0 saturated heterocycles. The van der Waals surface area contributed by atoms with Crippen LogP contribution in [0.15, 0.2) is 315 Å². The lowest BCUT2D eigenvalue weighted by atomic mass is 9.97. The predicted octanol–water partition coefficient (Wildman–Crippen LogP) is 34.9. The molecule has 3 aromatic heterocycles. The van der Waals surface area contributed by atoms with Gasteiger partial charge >= 0.3 is 0 Å². The number of aryl methyl sites for hydroxylation is 3. The van der Waals surface area contributed by atoms with E-state index in [1.54, 1.807) is 19.8 Å². The predicted molar refractivity (Wildman–Crippen MR) is 631 cm³/mol. The van der Waals surface area contributed by atoms with Crippen molar-refractivity contribution in [2.45, 2.75) is 189 Å². The van der Waals surface area contributed by atoms with Crippen LogP contribution in [-0.2, 0) is 13.2 Å². The van der Waals surface area contributed by atoms with Crippen LogP contribution in [0.4, 0.5) is 22.7 Å². The van der Waals surface area contributed by atoms with Gasteiger partial charge in [-0.15, -0.1) is 0 Å². The molecule has 7 heterocycles. The minimum absolute atomic E-state index is 0.355. The second-order valence-corrected chi connectivity index (χ2v) is 66.1. The van der Waals surface area contributed by atoms with Crippen LogP contribution in [0.2, 0.25) is 78.6 Å². The highest BCUT2D eigenvalue weighted by atomic mass is 28.3. The standard InChI is InChI=1S/C20H23NOSi.2C20H23NSi.C19H21NSi.C18H17NO.C18H17N.C17H15N/c1-13-15-8-6-7-9-16(15)20-19(13)17-12-14(22-2)10-11-18(17)21(20)23(3,4)5;1-13-10-11-18-17(12-13)19-14(2)15-8-6-7-9-16(15)20(19)21(18)22(3,4)5;1-14-15-9-5-6-10-16(15)20-19(14)17-11-7-8-12-18(17)21(20)13-22(2,3)4;1-13-14-9-5-6-10-15(14)19-18(13)16-11-7-8-12-17(16)20(19)21(2,3)4;1-11-13-6-4-5-7-14(13)18-17(11)15-10-12(20-3)8-9-16(15)19(18)2;1-11-8-9-16-15(10-11)17-12(2)13-6-4-5-7-14(13)18(17)19(16)3;1-11-12-7-3-4-8-13(12)17-16(11)14-9-5-6-10-15(14)18(17)2/h6-12,20H,1-5H3;6-12,20H,1-5H3;5-12,14H,13H2,1-4H3;5-13H,1-4H3;4-10,18H,1-3H3;4-10,18H,1-3H3;3-11H,1-2H3. The minimum Gasteiger partial charge on any atom is -0.497 e. The molecule has 7 unspecified atom stereocenters. The van der Waals surface area contributed by atoms with Crippen LogP contribution in [0.25, 0.3) is 111 Å². The molecule has 4 aliphatic heterocycles. The van der Waals surface area contributed by atoms with E-state index in [-0.39, 0.29) is 0 Å². The number of allylic oxidation sites excluding steroid dienone is 4. The van der Waals surface area contributed by atoms with Gasteiger partial charge in [-0.2, -0.15) is 0 Å². The van der Waals surface area contributed by atoms with Gasteiger partial charge in [-0.25, -0.2) is 0 Å². The van der Waals surface area contributed by atoms with Crippen molar-refractivity contribution in [1.29, 1.82) is 0 Å². The largest absolute Gasteiger partial charge is 0.497 e. The van der Waals surface area contributed by atoms with Gasteiger partial charge in [0.05, 0.1) is 57.8 Å². The number of rotatable bonds is 7.